The first-order valence-electron chi connectivity index (χ1n) is 8.45. The minimum absolute atomic E-state index is 0.119. The first kappa shape index (κ1) is 19.7. The molecule has 28 heavy (non-hydrogen) atoms. The number of ether oxygens (including phenoxy) is 3. The van der Waals surface area contributed by atoms with Gasteiger partial charge in [0.05, 0.1) is 33.1 Å². The number of aromatic hydroxyl groups is 1. The van der Waals surface area contributed by atoms with Gasteiger partial charge < -0.3 is 24.7 Å². The Morgan fingerprint density at radius 3 is 2.43 bits per heavy atom. The minimum atomic E-state index is -0.402. The van der Waals surface area contributed by atoms with Crippen molar-refractivity contribution in [1.82, 2.24) is 14.6 Å². The Morgan fingerprint density at radius 2 is 1.82 bits per heavy atom. The van der Waals surface area contributed by atoms with E-state index in [1.807, 2.05) is 6.07 Å². The van der Waals surface area contributed by atoms with Gasteiger partial charge in [-0.05, 0) is 24.4 Å². The Labute approximate surface area is 166 Å². The van der Waals surface area contributed by atoms with Crippen molar-refractivity contribution in [3.8, 4) is 23.1 Å². The fourth-order valence-corrected chi connectivity index (χ4v) is 3.43. The first-order valence-corrected chi connectivity index (χ1v) is 8.86. The van der Waals surface area contributed by atoms with Crippen molar-refractivity contribution in [2.24, 2.45) is 19.2 Å². The molecule has 0 bridgehead atoms. The molecule has 0 spiro atoms. The molecule has 9 nitrogen and oxygen atoms in total. The molecule has 3 rings (SSSR count). The fraction of sp³-hybridized carbons (Fsp3) is 0.389. The van der Waals surface area contributed by atoms with Gasteiger partial charge in [-0.15, -0.1) is 0 Å². The monoisotopic (exact) mass is 406 g/mol. The van der Waals surface area contributed by atoms with Gasteiger partial charge in [-0.2, -0.15) is 5.10 Å². The molecule has 0 unspecified atom stereocenters. The van der Waals surface area contributed by atoms with Gasteiger partial charge in [0.25, 0.3) is 5.56 Å². The van der Waals surface area contributed by atoms with Crippen LogP contribution in [0.5, 0.6) is 23.1 Å². The van der Waals surface area contributed by atoms with Crippen LogP contribution in [-0.2, 0) is 14.1 Å². The van der Waals surface area contributed by atoms with Gasteiger partial charge in [-0.3, -0.25) is 13.9 Å². The summed E-state index contributed by atoms with van der Waals surface area (Å²) in [5, 5.41) is 14.8. The normalized spacial score (nSPS) is 15.8. The predicted octanol–water partition coefficient (Wildman–Crippen LogP) is 1.62. The predicted molar refractivity (Wildman–Crippen MR) is 106 cm³/mol. The average molecular weight is 406 g/mol. The molecule has 1 atom stereocenters. The molecular weight excluding hydrogens is 384 g/mol. The van der Waals surface area contributed by atoms with Crippen molar-refractivity contribution in [1.29, 1.82) is 0 Å². The zero-order valence-corrected chi connectivity index (χ0v) is 17.1. The highest BCUT2D eigenvalue weighted by Crippen LogP contribution is 2.43. The van der Waals surface area contributed by atoms with E-state index in [-0.39, 0.29) is 22.3 Å². The largest absolute Gasteiger partial charge is 0.494 e. The van der Waals surface area contributed by atoms with E-state index >= 15 is 0 Å². The molecule has 1 aromatic carbocycles. The van der Waals surface area contributed by atoms with Crippen LogP contribution in [0.3, 0.4) is 0 Å². The number of nitrogens with one attached hydrogen (secondary N) is 1. The van der Waals surface area contributed by atoms with Crippen molar-refractivity contribution in [3.63, 3.8) is 0 Å². The molecule has 0 aliphatic carbocycles. The second-order valence-electron chi connectivity index (χ2n) is 6.27. The van der Waals surface area contributed by atoms with Gasteiger partial charge >= 0.3 is 0 Å². The number of hydrogen-bond donors (Lipinski definition) is 2. The molecule has 0 fully saturated rings. The van der Waals surface area contributed by atoms with Crippen LogP contribution in [0.4, 0.5) is 0 Å². The maximum atomic E-state index is 12.7. The summed E-state index contributed by atoms with van der Waals surface area (Å²) in [6.45, 7) is 0. The van der Waals surface area contributed by atoms with Gasteiger partial charge in [-0.25, -0.2) is 0 Å². The number of aromatic nitrogens is 2. The van der Waals surface area contributed by atoms with Crippen LogP contribution in [0, 0.1) is 4.77 Å². The SMILES string of the molecule is COc1ccc([C@H]2CC(c3c(O)n(C)c(=S)n(C)c3=O)=NN2)c(OC)c1OC. The van der Waals surface area contributed by atoms with Crippen LogP contribution in [0.1, 0.15) is 23.6 Å². The summed E-state index contributed by atoms with van der Waals surface area (Å²) in [4.78, 5) is 12.7. The highest BCUT2D eigenvalue weighted by Gasteiger charge is 2.30. The zero-order chi connectivity index (χ0) is 20.6. The molecular formula is C18H22N4O5S. The summed E-state index contributed by atoms with van der Waals surface area (Å²) in [7, 11) is 7.78. The third-order valence-corrected chi connectivity index (χ3v) is 5.33. The molecule has 2 aromatic rings. The third kappa shape index (κ3) is 2.99. The van der Waals surface area contributed by atoms with Crippen molar-refractivity contribution < 1.29 is 19.3 Å². The van der Waals surface area contributed by atoms with Crippen molar-refractivity contribution in [2.75, 3.05) is 21.3 Å². The Morgan fingerprint density at radius 1 is 1.14 bits per heavy atom. The first-order chi connectivity index (χ1) is 13.3. The average Bonchev–Trinajstić information content (AvgIpc) is 3.18. The maximum absolute atomic E-state index is 12.7. The molecule has 2 N–H and O–H groups in total. The highest BCUT2D eigenvalue weighted by molar-refractivity contribution is 7.71. The van der Waals surface area contributed by atoms with Crippen molar-refractivity contribution in [3.05, 3.63) is 38.4 Å². The molecule has 2 heterocycles. The molecule has 150 valence electrons. The summed E-state index contributed by atoms with van der Waals surface area (Å²) in [6, 6.07) is 3.35. The van der Waals surface area contributed by atoms with Crippen LogP contribution in [-0.4, -0.2) is 41.3 Å². The van der Waals surface area contributed by atoms with Gasteiger partial charge in [0.1, 0.15) is 5.56 Å². The zero-order valence-electron chi connectivity index (χ0n) is 16.3. The van der Waals surface area contributed by atoms with Gasteiger partial charge in [0, 0.05) is 26.1 Å². The topological polar surface area (TPSA) is 99.2 Å². The number of benzene rings is 1. The van der Waals surface area contributed by atoms with E-state index in [1.54, 1.807) is 34.4 Å². The summed E-state index contributed by atoms with van der Waals surface area (Å²) >= 11 is 5.16. The number of hydrogen-bond acceptors (Lipinski definition) is 8. The smallest absolute Gasteiger partial charge is 0.267 e. The second-order valence-corrected chi connectivity index (χ2v) is 6.64. The second kappa shape index (κ2) is 7.55. The van der Waals surface area contributed by atoms with E-state index in [2.05, 4.69) is 10.5 Å². The molecule has 0 radical (unpaired) electrons. The van der Waals surface area contributed by atoms with Crippen molar-refractivity contribution in [2.45, 2.75) is 12.5 Å². The van der Waals surface area contributed by atoms with Crippen LogP contribution in [0.15, 0.2) is 22.0 Å². The van der Waals surface area contributed by atoms with Crippen LogP contribution < -0.4 is 25.2 Å². The Bertz CT molecular complexity index is 1070. The van der Waals surface area contributed by atoms with Gasteiger partial charge in [0.2, 0.25) is 11.6 Å². The Balaban J connectivity index is 2.02. The summed E-state index contributed by atoms with van der Waals surface area (Å²) < 4.78 is 19.2. The summed E-state index contributed by atoms with van der Waals surface area (Å²) in [6.07, 6.45) is 0.366. The van der Waals surface area contributed by atoms with Crippen molar-refractivity contribution >= 4 is 17.9 Å². The van der Waals surface area contributed by atoms with Crippen LogP contribution >= 0.6 is 12.2 Å². The lowest BCUT2D eigenvalue weighted by atomic mass is 9.98. The molecule has 0 amide bonds. The maximum Gasteiger partial charge on any atom is 0.267 e. The lowest BCUT2D eigenvalue weighted by Crippen LogP contribution is -2.28. The quantitative estimate of drug-likeness (QED) is 0.728. The molecule has 1 aliphatic rings. The molecule has 0 saturated heterocycles. The van der Waals surface area contributed by atoms with E-state index in [9.17, 15) is 9.90 Å². The van der Waals surface area contributed by atoms with E-state index in [0.29, 0.717) is 29.4 Å². The molecule has 1 aromatic heterocycles. The number of rotatable bonds is 5. The summed E-state index contributed by atoms with van der Waals surface area (Å²) in [5.74, 6) is 1.31. The number of methoxy groups -OCH3 is 3. The lowest BCUT2D eigenvalue weighted by Gasteiger charge is -2.19. The highest BCUT2D eigenvalue weighted by atomic mass is 32.1. The number of hydrazone groups is 1. The lowest BCUT2D eigenvalue weighted by molar-refractivity contribution is 0.320. The van der Waals surface area contributed by atoms with Crippen LogP contribution in [0.25, 0.3) is 0 Å². The Hall–Kier alpha value is -3.01. The third-order valence-electron chi connectivity index (χ3n) is 4.79. The van der Waals surface area contributed by atoms with E-state index in [0.717, 1.165) is 5.56 Å². The summed E-state index contributed by atoms with van der Waals surface area (Å²) in [5.41, 5.74) is 3.95. The van der Waals surface area contributed by atoms with Gasteiger partial charge in [0.15, 0.2) is 16.3 Å². The Kier molecular flexibility index (Phi) is 5.32. The fourth-order valence-electron chi connectivity index (χ4n) is 3.26. The van der Waals surface area contributed by atoms with Gasteiger partial charge in [-0.1, -0.05) is 0 Å². The standard InChI is InChI=1S/C18H22N4O5S/c1-21-16(23)13(17(24)22(2)18(21)28)11-8-10(19-20-11)9-6-7-12(25-3)15(27-5)14(9)26-4/h6-7,10,19,23H,8H2,1-5H3/t10-/m1/s1. The van der Waals surface area contributed by atoms with Crippen LogP contribution in [0.2, 0.25) is 0 Å². The van der Waals surface area contributed by atoms with E-state index < -0.39 is 5.56 Å². The van der Waals surface area contributed by atoms with E-state index in [4.69, 9.17) is 26.4 Å². The number of nitrogens with zero attached hydrogens (tertiary/aromatic N) is 3. The molecule has 1 aliphatic heterocycles. The molecule has 0 saturated carbocycles. The minimum Gasteiger partial charge on any atom is -0.494 e. The molecule has 10 heteroatoms. The van der Waals surface area contributed by atoms with E-state index in [1.165, 1.54) is 16.2 Å².